The van der Waals surface area contributed by atoms with Gasteiger partial charge in [-0.2, -0.15) is 0 Å². The molecular weight excluding hydrogens is 308 g/mol. The summed E-state index contributed by atoms with van der Waals surface area (Å²) in [7, 11) is 0. The van der Waals surface area contributed by atoms with Crippen molar-refractivity contribution in [2.45, 2.75) is 117 Å². The lowest BCUT2D eigenvalue weighted by Gasteiger charge is -2.42. The summed E-state index contributed by atoms with van der Waals surface area (Å²) in [6.07, 6.45) is 19.4. The van der Waals surface area contributed by atoms with Crippen LogP contribution in [-0.2, 0) is 4.74 Å². The van der Waals surface area contributed by atoms with Crippen LogP contribution in [0, 0.1) is 17.8 Å². The molecule has 0 aliphatic heterocycles. The Hall–Kier alpha value is -0.0800. The molecule has 1 aliphatic carbocycles. The second kappa shape index (κ2) is 15.0. The molecule has 0 radical (unpaired) electrons. The van der Waals surface area contributed by atoms with Crippen molar-refractivity contribution in [2.24, 2.45) is 17.8 Å². The van der Waals surface area contributed by atoms with Crippen molar-refractivity contribution in [3.05, 3.63) is 0 Å². The quantitative estimate of drug-likeness (QED) is 0.330. The topological polar surface area (TPSA) is 29.5 Å². The predicted molar refractivity (Wildman–Crippen MR) is 109 cm³/mol. The van der Waals surface area contributed by atoms with E-state index in [9.17, 15) is 5.11 Å². The van der Waals surface area contributed by atoms with Gasteiger partial charge in [0.05, 0.1) is 19.3 Å². The Morgan fingerprint density at radius 1 is 0.720 bits per heavy atom. The van der Waals surface area contributed by atoms with Gasteiger partial charge in [0.2, 0.25) is 0 Å². The maximum Gasteiger partial charge on any atom is 0.0701 e. The van der Waals surface area contributed by atoms with Gasteiger partial charge in [-0.05, 0) is 43.4 Å². The lowest BCUT2D eigenvalue weighted by molar-refractivity contribution is -0.0769. The highest BCUT2D eigenvalue weighted by atomic mass is 16.5. The highest BCUT2D eigenvalue weighted by Crippen LogP contribution is 2.42. The molecule has 1 aliphatic rings. The van der Waals surface area contributed by atoms with Crippen LogP contribution >= 0.6 is 0 Å². The lowest BCUT2D eigenvalue weighted by Crippen LogP contribution is -2.40. The van der Waals surface area contributed by atoms with Crippen LogP contribution in [0.5, 0.6) is 0 Å². The van der Waals surface area contributed by atoms with Crippen molar-refractivity contribution in [2.75, 3.05) is 13.2 Å². The van der Waals surface area contributed by atoms with Gasteiger partial charge in [-0.1, -0.05) is 85.0 Å². The molecule has 0 saturated heterocycles. The van der Waals surface area contributed by atoms with Gasteiger partial charge in [0.25, 0.3) is 0 Å². The third-order valence-electron chi connectivity index (χ3n) is 6.18. The van der Waals surface area contributed by atoms with E-state index < -0.39 is 0 Å². The molecule has 1 N–H and O–H groups in total. The first kappa shape index (κ1) is 23.0. The smallest absolute Gasteiger partial charge is 0.0701 e. The van der Waals surface area contributed by atoms with Crippen LogP contribution in [0.4, 0.5) is 0 Å². The predicted octanol–water partition coefficient (Wildman–Crippen LogP) is 6.75. The van der Waals surface area contributed by atoms with Crippen molar-refractivity contribution in [3.63, 3.8) is 0 Å². The molecule has 0 spiro atoms. The molecule has 150 valence electrons. The fraction of sp³-hybridized carbons (Fsp3) is 1.00. The summed E-state index contributed by atoms with van der Waals surface area (Å²) in [5.41, 5.74) is 0. The molecule has 0 aromatic carbocycles. The van der Waals surface area contributed by atoms with Crippen LogP contribution < -0.4 is 0 Å². The monoisotopic (exact) mass is 354 g/mol. The maximum atomic E-state index is 9.27. The van der Waals surface area contributed by atoms with E-state index in [1.807, 2.05) is 0 Å². The fourth-order valence-corrected chi connectivity index (χ4v) is 4.86. The average Bonchev–Trinajstić information content (AvgIpc) is 2.61. The molecule has 0 bridgehead atoms. The Kier molecular flexibility index (Phi) is 13.8. The normalized spacial score (nSPS) is 26.9. The van der Waals surface area contributed by atoms with Crippen molar-refractivity contribution in [1.29, 1.82) is 0 Å². The van der Waals surface area contributed by atoms with Crippen molar-refractivity contribution in [3.8, 4) is 0 Å². The highest BCUT2D eigenvalue weighted by Gasteiger charge is 2.37. The molecule has 0 amide bonds. The summed E-state index contributed by atoms with van der Waals surface area (Å²) in [5, 5.41) is 9.27. The minimum absolute atomic E-state index is 0.166. The number of unbranched alkanes of at least 4 members (excludes halogenated alkanes) is 6. The Bertz CT molecular complexity index is 272. The van der Waals surface area contributed by atoms with Gasteiger partial charge in [-0.3, -0.25) is 0 Å². The minimum Gasteiger partial charge on any atom is -0.394 e. The molecule has 0 heterocycles. The standard InChI is InChI=1S/C23H46O2/c1-4-7-10-13-20-18-21(14-11-8-5-2)23(25-17-16-24)22(19-20)15-12-9-6-3/h20-24H,4-19H2,1-3H3. The fourth-order valence-electron chi connectivity index (χ4n) is 4.86. The summed E-state index contributed by atoms with van der Waals surface area (Å²) in [6.45, 7) is 7.59. The number of aliphatic hydroxyl groups excluding tert-OH is 1. The van der Waals surface area contributed by atoms with Crippen molar-refractivity contribution < 1.29 is 9.84 Å². The van der Waals surface area contributed by atoms with E-state index in [0.717, 1.165) is 17.8 Å². The molecule has 25 heavy (non-hydrogen) atoms. The third-order valence-corrected chi connectivity index (χ3v) is 6.18. The van der Waals surface area contributed by atoms with Crippen LogP contribution in [-0.4, -0.2) is 24.4 Å². The molecule has 0 aromatic heterocycles. The number of aliphatic hydroxyl groups is 1. The Balaban J connectivity index is 2.68. The Morgan fingerprint density at radius 3 is 1.64 bits per heavy atom. The van der Waals surface area contributed by atoms with Crippen molar-refractivity contribution >= 4 is 0 Å². The van der Waals surface area contributed by atoms with Gasteiger partial charge in [-0.25, -0.2) is 0 Å². The van der Waals surface area contributed by atoms with Crippen LogP contribution in [0.25, 0.3) is 0 Å². The lowest BCUT2D eigenvalue weighted by atomic mass is 9.68. The second-order valence-electron chi connectivity index (χ2n) is 8.40. The summed E-state index contributed by atoms with van der Waals surface area (Å²) < 4.78 is 6.24. The molecule has 2 heteroatoms. The van der Waals surface area contributed by atoms with Crippen LogP contribution in [0.15, 0.2) is 0 Å². The largest absolute Gasteiger partial charge is 0.394 e. The maximum absolute atomic E-state index is 9.27. The van der Waals surface area contributed by atoms with E-state index in [0.29, 0.717) is 12.7 Å². The van der Waals surface area contributed by atoms with Crippen molar-refractivity contribution in [1.82, 2.24) is 0 Å². The molecule has 1 saturated carbocycles. The number of ether oxygens (including phenoxy) is 1. The second-order valence-corrected chi connectivity index (χ2v) is 8.40. The van der Waals surface area contributed by atoms with Gasteiger partial charge >= 0.3 is 0 Å². The molecule has 1 fully saturated rings. The van der Waals surface area contributed by atoms with Crippen LogP contribution in [0.3, 0.4) is 0 Å². The summed E-state index contributed by atoms with van der Waals surface area (Å²) in [4.78, 5) is 0. The van der Waals surface area contributed by atoms with E-state index >= 15 is 0 Å². The summed E-state index contributed by atoms with van der Waals surface area (Å²) in [6, 6.07) is 0. The molecule has 0 aromatic rings. The summed E-state index contributed by atoms with van der Waals surface area (Å²) >= 11 is 0. The summed E-state index contributed by atoms with van der Waals surface area (Å²) in [5.74, 6) is 2.37. The highest BCUT2D eigenvalue weighted by molar-refractivity contribution is 4.87. The molecule has 1 rings (SSSR count). The molecular formula is C23H46O2. The average molecular weight is 355 g/mol. The van der Waals surface area contributed by atoms with Crippen LogP contribution in [0.2, 0.25) is 0 Å². The van der Waals surface area contributed by atoms with Gasteiger partial charge < -0.3 is 9.84 Å². The SMILES string of the molecule is CCCCCC1CC(CCCCC)C(OCCO)C(CCCCC)C1. The van der Waals surface area contributed by atoms with E-state index in [1.165, 1.54) is 89.9 Å². The van der Waals surface area contributed by atoms with E-state index in [1.54, 1.807) is 0 Å². The van der Waals surface area contributed by atoms with Gasteiger partial charge in [0.1, 0.15) is 0 Å². The van der Waals surface area contributed by atoms with E-state index in [-0.39, 0.29) is 6.61 Å². The first-order valence-electron chi connectivity index (χ1n) is 11.5. The molecule has 2 nitrogen and oxygen atoms in total. The van der Waals surface area contributed by atoms with Gasteiger partial charge in [-0.15, -0.1) is 0 Å². The minimum atomic E-state index is 0.166. The number of rotatable bonds is 15. The zero-order valence-electron chi connectivity index (χ0n) is 17.5. The Labute approximate surface area is 158 Å². The van der Waals surface area contributed by atoms with Gasteiger partial charge in [0.15, 0.2) is 0 Å². The van der Waals surface area contributed by atoms with Gasteiger partial charge in [0, 0.05) is 0 Å². The first-order valence-corrected chi connectivity index (χ1v) is 11.5. The van der Waals surface area contributed by atoms with E-state index in [4.69, 9.17) is 4.74 Å². The zero-order valence-corrected chi connectivity index (χ0v) is 17.5. The first-order chi connectivity index (χ1) is 12.3. The number of hydrogen-bond donors (Lipinski definition) is 1. The number of hydrogen-bond acceptors (Lipinski definition) is 2. The molecule has 2 atom stereocenters. The zero-order chi connectivity index (χ0) is 18.3. The van der Waals surface area contributed by atoms with Crippen LogP contribution in [0.1, 0.15) is 111 Å². The van der Waals surface area contributed by atoms with E-state index in [2.05, 4.69) is 20.8 Å². The Morgan fingerprint density at radius 2 is 1.20 bits per heavy atom. The molecule has 2 unspecified atom stereocenters. The third kappa shape index (κ3) is 9.43.